The summed E-state index contributed by atoms with van der Waals surface area (Å²) in [5.74, 6) is 1.29. The molecule has 0 atom stereocenters. The Morgan fingerprint density at radius 3 is 2.39 bits per heavy atom. The van der Waals surface area contributed by atoms with Gasteiger partial charge in [0, 0.05) is 30.4 Å². The quantitative estimate of drug-likeness (QED) is 0.586. The number of aryl methyl sites for hydroxylation is 2. The topological polar surface area (TPSA) is 96.7 Å². The molecule has 33 heavy (non-hydrogen) atoms. The molecule has 1 fully saturated rings. The third-order valence-electron chi connectivity index (χ3n) is 5.82. The summed E-state index contributed by atoms with van der Waals surface area (Å²) in [5, 5.41) is 9.90. The molecule has 2 aromatic carbocycles. The van der Waals surface area contributed by atoms with Crippen molar-refractivity contribution in [2.45, 2.75) is 39.3 Å². The van der Waals surface area contributed by atoms with Gasteiger partial charge in [-0.05, 0) is 63.1 Å². The van der Waals surface area contributed by atoms with E-state index in [2.05, 4.69) is 15.8 Å². The first-order chi connectivity index (χ1) is 16.0. The van der Waals surface area contributed by atoms with E-state index in [0.29, 0.717) is 43.9 Å². The molecule has 2 heterocycles. The summed E-state index contributed by atoms with van der Waals surface area (Å²) in [6.45, 7) is 5.29. The maximum Gasteiger partial charge on any atom is 0.321 e. The summed E-state index contributed by atoms with van der Waals surface area (Å²) in [7, 11) is 0. The lowest BCUT2D eigenvalue weighted by molar-refractivity contribution is 0.0919. The number of hydrogen-bond acceptors (Lipinski definition) is 5. The number of ether oxygens (including phenoxy) is 1. The summed E-state index contributed by atoms with van der Waals surface area (Å²) < 4.78 is 10.9. The Bertz CT molecular complexity index is 1070. The monoisotopic (exact) mass is 448 g/mol. The molecule has 2 N–H and O–H groups in total. The zero-order valence-electron chi connectivity index (χ0n) is 18.8. The number of nitrogens with zero attached hydrogens (tertiary/aromatic N) is 2. The van der Waals surface area contributed by atoms with Crippen molar-refractivity contribution in [3.8, 4) is 5.75 Å². The van der Waals surface area contributed by atoms with Crippen LogP contribution in [0, 0.1) is 13.8 Å². The lowest BCUT2D eigenvalue weighted by Crippen LogP contribution is -2.47. The molecule has 1 saturated heterocycles. The zero-order valence-corrected chi connectivity index (χ0v) is 18.8. The summed E-state index contributed by atoms with van der Waals surface area (Å²) in [5.41, 5.74) is 3.09. The predicted molar refractivity (Wildman–Crippen MR) is 124 cm³/mol. The van der Waals surface area contributed by atoms with Gasteiger partial charge in [0.05, 0.1) is 11.3 Å². The van der Waals surface area contributed by atoms with Gasteiger partial charge in [-0.25, -0.2) is 4.79 Å². The Morgan fingerprint density at radius 1 is 1.06 bits per heavy atom. The molecule has 0 radical (unpaired) electrons. The van der Waals surface area contributed by atoms with Gasteiger partial charge in [0.2, 0.25) is 0 Å². The summed E-state index contributed by atoms with van der Waals surface area (Å²) in [4.78, 5) is 26.9. The summed E-state index contributed by atoms with van der Waals surface area (Å²) in [6, 6.07) is 16.4. The number of hydrogen-bond donors (Lipinski definition) is 2. The molecule has 0 aliphatic carbocycles. The Balaban J connectivity index is 1.23. The van der Waals surface area contributed by atoms with Gasteiger partial charge in [-0.2, -0.15) is 0 Å². The molecule has 4 rings (SSSR count). The van der Waals surface area contributed by atoms with Crippen LogP contribution in [0.15, 0.2) is 59.1 Å². The number of benzene rings is 2. The highest BCUT2D eigenvalue weighted by atomic mass is 16.5. The molecule has 172 valence electrons. The molecule has 1 aromatic heterocycles. The van der Waals surface area contributed by atoms with E-state index in [0.717, 1.165) is 22.7 Å². The van der Waals surface area contributed by atoms with E-state index in [-0.39, 0.29) is 18.0 Å². The Labute approximate surface area is 192 Å². The molecule has 8 heteroatoms. The number of aromatic nitrogens is 1. The minimum Gasteiger partial charge on any atom is -0.489 e. The summed E-state index contributed by atoms with van der Waals surface area (Å²) >= 11 is 0. The van der Waals surface area contributed by atoms with E-state index in [1.807, 2.05) is 44.2 Å². The Kier molecular flexibility index (Phi) is 6.92. The van der Waals surface area contributed by atoms with Crippen LogP contribution in [-0.4, -0.2) is 41.1 Å². The second kappa shape index (κ2) is 10.2. The maximum absolute atomic E-state index is 12.6. The first-order valence-corrected chi connectivity index (χ1v) is 11.1. The van der Waals surface area contributed by atoms with Crippen molar-refractivity contribution >= 4 is 17.6 Å². The van der Waals surface area contributed by atoms with Gasteiger partial charge >= 0.3 is 6.03 Å². The third-order valence-corrected chi connectivity index (χ3v) is 5.82. The van der Waals surface area contributed by atoms with E-state index < -0.39 is 0 Å². The van der Waals surface area contributed by atoms with E-state index in [1.54, 1.807) is 29.2 Å². The number of para-hydroxylation sites is 1. The van der Waals surface area contributed by atoms with Gasteiger partial charge in [0.15, 0.2) is 0 Å². The van der Waals surface area contributed by atoms with Gasteiger partial charge in [-0.15, -0.1) is 0 Å². The minimum absolute atomic E-state index is 0.0359. The number of anilines is 1. The van der Waals surface area contributed by atoms with Crippen LogP contribution in [0.4, 0.5) is 10.5 Å². The second-order valence-corrected chi connectivity index (χ2v) is 8.15. The number of urea groups is 1. The molecule has 3 amide bonds. The van der Waals surface area contributed by atoms with Crippen LogP contribution in [0.2, 0.25) is 0 Å². The molecule has 8 nitrogen and oxygen atoms in total. The van der Waals surface area contributed by atoms with Crippen molar-refractivity contribution in [1.82, 2.24) is 15.4 Å². The maximum atomic E-state index is 12.6. The molecule has 1 aliphatic heterocycles. The highest BCUT2D eigenvalue weighted by molar-refractivity contribution is 5.94. The molecule has 0 unspecified atom stereocenters. The number of amides is 3. The van der Waals surface area contributed by atoms with Crippen molar-refractivity contribution in [3.63, 3.8) is 0 Å². The predicted octanol–water partition coefficient (Wildman–Crippen LogP) is 4.30. The zero-order chi connectivity index (χ0) is 23.2. The Hall–Kier alpha value is -3.81. The van der Waals surface area contributed by atoms with Crippen molar-refractivity contribution in [2.75, 3.05) is 18.4 Å². The number of carbonyl (C=O) groups is 2. The van der Waals surface area contributed by atoms with Gasteiger partial charge in [0.25, 0.3) is 5.91 Å². The van der Waals surface area contributed by atoms with Crippen molar-refractivity contribution in [2.24, 2.45) is 0 Å². The lowest BCUT2D eigenvalue weighted by Gasteiger charge is -2.32. The van der Waals surface area contributed by atoms with Crippen LogP contribution < -0.4 is 15.4 Å². The number of likely N-dealkylation sites (tertiary alicyclic amines) is 1. The fraction of sp³-hybridized carbons (Fsp3) is 0.320. The SMILES string of the molecule is Cc1noc(C)c1COc1ccc(C(=O)NC2CCN(C(=O)Nc3ccccc3)CC2)cc1. The average molecular weight is 449 g/mol. The normalized spacial score (nSPS) is 14.1. The molecule has 0 spiro atoms. The number of piperidine rings is 1. The van der Waals surface area contributed by atoms with Crippen LogP contribution in [0.25, 0.3) is 0 Å². The third kappa shape index (κ3) is 5.71. The van der Waals surface area contributed by atoms with E-state index in [4.69, 9.17) is 9.26 Å². The first-order valence-electron chi connectivity index (χ1n) is 11.1. The molecule has 3 aromatic rings. The number of nitrogens with one attached hydrogen (secondary N) is 2. The Morgan fingerprint density at radius 2 is 1.76 bits per heavy atom. The van der Waals surface area contributed by atoms with Crippen LogP contribution in [-0.2, 0) is 6.61 Å². The first kappa shape index (κ1) is 22.4. The fourth-order valence-corrected chi connectivity index (χ4v) is 3.79. The smallest absolute Gasteiger partial charge is 0.321 e. The summed E-state index contributed by atoms with van der Waals surface area (Å²) in [6.07, 6.45) is 1.43. The average Bonchev–Trinajstić information content (AvgIpc) is 3.16. The van der Waals surface area contributed by atoms with Crippen LogP contribution in [0.5, 0.6) is 5.75 Å². The molecule has 0 saturated carbocycles. The van der Waals surface area contributed by atoms with E-state index in [1.165, 1.54) is 0 Å². The fourth-order valence-electron chi connectivity index (χ4n) is 3.79. The highest BCUT2D eigenvalue weighted by Crippen LogP contribution is 2.19. The highest BCUT2D eigenvalue weighted by Gasteiger charge is 2.24. The standard InChI is InChI=1S/C25H28N4O4/c1-17-23(18(2)33-28-17)16-32-22-10-8-19(9-11-22)24(30)26-21-12-14-29(15-13-21)25(31)27-20-6-4-3-5-7-20/h3-11,21H,12-16H2,1-2H3,(H,26,30)(H,27,31). The van der Waals surface area contributed by atoms with Crippen LogP contribution in [0.1, 0.15) is 40.2 Å². The number of carbonyl (C=O) groups excluding carboxylic acids is 2. The van der Waals surface area contributed by atoms with E-state index in [9.17, 15) is 9.59 Å². The van der Waals surface area contributed by atoms with Gasteiger partial charge in [-0.3, -0.25) is 4.79 Å². The molecular formula is C25H28N4O4. The van der Waals surface area contributed by atoms with Crippen molar-refractivity contribution in [1.29, 1.82) is 0 Å². The van der Waals surface area contributed by atoms with Crippen molar-refractivity contribution in [3.05, 3.63) is 77.2 Å². The minimum atomic E-state index is -0.125. The van der Waals surface area contributed by atoms with Gasteiger partial charge in [-0.1, -0.05) is 23.4 Å². The van der Waals surface area contributed by atoms with Crippen LogP contribution in [0.3, 0.4) is 0 Å². The van der Waals surface area contributed by atoms with Gasteiger partial charge < -0.3 is 24.8 Å². The van der Waals surface area contributed by atoms with E-state index >= 15 is 0 Å². The van der Waals surface area contributed by atoms with Crippen LogP contribution >= 0.6 is 0 Å². The lowest BCUT2D eigenvalue weighted by atomic mass is 10.0. The number of rotatable bonds is 6. The molecule has 0 bridgehead atoms. The molecule has 1 aliphatic rings. The molecular weight excluding hydrogens is 420 g/mol. The second-order valence-electron chi connectivity index (χ2n) is 8.15. The largest absolute Gasteiger partial charge is 0.489 e. The van der Waals surface area contributed by atoms with Crippen molar-refractivity contribution < 1.29 is 18.8 Å². The van der Waals surface area contributed by atoms with Gasteiger partial charge in [0.1, 0.15) is 18.1 Å².